The molecule has 0 radical (unpaired) electrons. The highest BCUT2D eigenvalue weighted by atomic mass is 32.2. The molecule has 0 bridgehead atoms. The van der Waals surface area contributed by atoms with Crippen molar-refractivity contribution in [2.24, 2.45) is 5.92 Å². The number of aliphatic carboxylic acids is 1. The molecule has 0 saturated carbocycles. The topological polar surface area (TPSA) is 113 Å². The van der Waals surface area contributed by atoms with Gasteiger partial charge in [0.2, 0.25) is 15.9 Å². The van der Waals surface area contributed by atoms with E-state index >= 15 is 0 Å². The van der Waals surface area contributed by atoms with Crippen LogP contribution in [0.3, 0.4) is 0 Å². The lowest BCUT2D eigenvalue weighted by molar-refractivity contribution is -0.138. The maximum Gasteiger partial charge on any atom is 0.303 e. The third-order valence-corrected chi connectivity index (χ3v) is 3.02. The fourth-order valence-electron chi connectivity index (χ4n) is 1.37. The highest BCUT2D eigenvalue weighted by Crippen LogP contribution is 2.05. The Kier molecular flexibility index (Phi) is 5.75. The second kappa shape index (κ2) is 6.14. The molecule has 8 heteroatoms. The zero-order valence-corrected chi connectivity index (χ0v) is 11.8. The number of hydrogen-bond acceptors (Lipinski definition) is 4. The summed E-state index contributed by atoms with van der Waals surface area (Å²) in [7, 11) is -3.49. The Balaban J connectivity index is 4.36. The summed E-state index contributed by atoms with van der Waals surface area (Å²) in [6, 6.07) is 0. The molecule has 7 nitrogen and oxygen atoms in total. The van der Waals surface area contributed by atoms with E-state index in [4.69, 9.17) is 5.11 Å². The minimum atomic E-state index is -3.49. The summed E-state index contributed by atoms with van der Waals surface area (Å²) in [5.74, 6) is -1.66. The summed E-state index contributed by atoms with van der Waals surface area (Å²) in [5, 5.41) is 11.1. The van der Waals surface area contributed by atoms with Crippen LogP contribution in [0.15, 0.2) is 0 Å². The monoisotopic (exact) mass is 280 g/mol. The summed E-state index contributed by atoms with van der Waals surface area (Å²) in [6.07, 6.45) is 0.912. The van der Waals surface area contributed by atoms with E-state index in [0.717, 1.165) is 6.26 Å². The molecule has 0 aromatic carbocycles. The third-order valence-electron chi connectivity index (χ3n) is 2.14. The number of amides is 1. The first kappa shape index (κ1) is 16.9. The number of carboxylic acid groups (broad SMARTS) is 1. The van der Waals surface area contributed by atoms with E-state index < -0.39 is 27.4 Å². The number of nitrogens with one attached hydrogen (secondary N) is 2. The van der Waals surface area contributed by atoms with Gasteiger partial charge in [-0.05, 0) is 19.8 Å². The van der Waals surface area contributed by atoms with Crippen LogP contribution in [0.1, 0.15) is 27.2 Å². The van der Waals surface area contributed by atoms with Crippen LogP contribution < -0.4 is 10.0 Å². The first-order chi connectivity index (χ1) is 7.94. The van der Waals surface area contributed by atoms with Crippen molar-refractivity contribution in [2.45, 2.75) is 32.7 Å². The van der Waals surface area contributed by atoms with Gasteiger partial charge in [0, 0.05) is 13.0 Å². The van der Waals surface area contributed by atoms with Crippen LogP contribution in [0.5, 0.6) is 0 Å². The molecule has 0 aliphatic rings. The van der Waals surface area contributed by atoms with Crippen LogP contribution in [-0.2, 0) is 19.6 Å². The van der Waals surface area contributed by atoms with Gasteiger partial charge in [-0.2, -0.15) is 0 Å². The Morgan fingerprint density at radius 3 is 2.22 bits per heavy atom. The van der Waals surface area contributed by atoms with Gasteiger partial charge in [0.15, 0.2) is 0 Å². The first-order valence-corrected chi connectivity index (χ1v) is 7.32. The standard InChI is InChI=1S/C10H20N2O5S/c1-7(5-8(13)14)6-11-9(15)10(2,3)12-18(4,16)17/h7,12H,5-6H2,1-4H3,(H,11,15)(H,13,14). The van der Waals surface area contributed by atoms with Crippen LogP contribution in [0.4, 0.5) is 0 Å². The van der Waals surface area contributed by atoms with Gasteiger partial charge in [-0.15, -0.1) is 0 Å². The average Bonchev–Trinajstić information content (AvgIpc) is 2.08. The minimum Gasteiger partial charge on any atom is -0.481 e. The van der Waals surface area contributed by atoms with Crippen LogP contribution >= 0.6 is 0 Å². The summed E-state index contributed by atoms with van der Waals surface area (Å²) in [6.45, 7) is 4.74. The molecular weight excluding hydrogens is 260 g/mol. The van der Waals surface area contributed by atoms with E-state index in [1.807, 2.05) is 0 Å². The molecule has 0 heterocycles. The zero-order chi connectivity index (χ0) is 14.6. The highest BCUT2D eigenvalue weighted by molar-refractivity contribution is 7.88. The Hall–Kier alpha value is -1.15. The SMILES string of the molecule is CC(CNC(=O)C(C)(C)NS(C)(=O)=O)CC(=O)O. The van der Waals surface area contributed by atoms with Gasteiger partial charge >= 0.3 is 5.97 Å². The smallest absolute Gasteiger partial charge is 0.303 e. The molecule has 106 valence electrons. The summed E-state index contributed by atoms with van der Waals surface area (Å²) in [4.78, 5) is 22.2. The fourth-order valence-corrected chi connectivity index (χ4v) is 2.39. The number of sulfonamides is 1. The lowest BCUT2D eigenvalue weighted by Crippen LogP contribution is -2.54. The number of carbonyl (C=O) groups is 2. The van der Waals surface area contributed by atoms with E-state index in [0.29, 0.717) is 0 Å². The van der Waals surface area contributed by atoms with Crippen molar-refractivity contribution in [3.63, 3.8) is 0 Å². The second-order valence-electron chi connectivity index (χ2n) is 4.91. The molecule has 0 aliphatic carbocycles. The Morgan fingerprint density at radius 1 is 1.33 bits per heavy atom. The largest absolute Gasteiger partial charge is 0.481 e. The van der Waals surface area contributed by atoms with Gasteiger partial charge in [-0.25, -0.2) is 13.1 Å². The molecule has 0 spiro atoms. The number of hydrogen-bond donors (Lipinski definition) is 3. The van der Waals surface area contributed by atoms with Crippen molar-refractivity contribution in [3.05, 3.63) is 0 Å². The maximum absolute atomic E-state index is 11.7. The third kappa shape index (κ3) is 7.23. The van der Waals surface area contributed by atoms with E-state index in [9.17, 15) is 18.0 Å². The van der Waals surface area contributed by atoms with Crippen LogP contribution in [-0.4, -0.2) is 43.7 Å². The molecule has 0 rings (SSSR count). The fraction of sp³-hybridized carbons (Fsp3) is 0.800. The van der Waals surface area contributed by atoms with Gasteiger partial charge in [-0.1, -0.05) is 6.92 Å². The molecule has 18 heavy (non-hydrogen) atoms. The van der Waals surface area contributed by atoms with Gasteiger partial charge in [-0.3, -0.25) is 9.59 Å². The molecule has 0 fully saturated rings. The quantitative estimate of drug-likeness (QED) is 0.584. The molecule has 0 aliphatic heterocycles. The van der Waals surface area contributed by atoms with E-state index in [-0.39, 0.29) is 18.9 Å². The summed E-state index contributed by atoms with van der Waals surface area (Å²) < 4.78 is 24.3. The van der Waals surface area contributed by atoms with Gasteiger partial charge in [0.05, 0.1) is 6.26 Å². The van der Waals surface area contributed by atoms with Crippen molar-refractivity contribution in [1.29, 1.82) is 0 Å². The molecular formula is C10H20N2O5S. The molecule has 0 saturated heterocycles. The van der Waals surface area contributed by atoms with Crippen LogP contribution in [0.25, 0.3) is 0 Å². The Labute approximate surface area is 107 Å². The number of carbonyl (C=O) groups excluding carboxylic acids is 1. The summed E-state index contributed by atoms with van der Waals surface area (Å²) in [5.41, 5.74) is -1.27. The van der Waals surface area contributed by atoms with Crippen LogP contribution in [0, 0.1) is 5.92 Å². The van der Waals surface area contributed by atoms with Gasteiger partial charge < -0.3 is 10.4 Å². The number of carboxylic acids is 1. The van der Waals surface area contributed by atoms with Crippen molar-refractivity contribution >= 4 is 21.9 Å². The molecule has 0 aromatic heterocycles. The minimum absolute atomic E-state index is 0.0553. The number of rotatable bonds is 7. The van der Waals surface area contributed by atoms with Crippen molar-refractivity contribution < 1.29 is 23.1 Å². The molecule has 1 amide bonds. The van der Waals surface area contributed by atoms with Crippen LogP contribution in [0.2, 0.25) is 0 Å². The Morgan fingerprint density at radius 2 is 1.83 bits per heavy atom. The average molecular weight is 280 g/mol. The first-order valence-electron chi connectivity index (χ1n) is 5.43. The molecule has 1 unspecified atom stereocenters. The predicted octanol–water partition coefficient (Wildman–Crippen LogP) is -0.459. The maximum atomic E-state index is 11.7. The predicted molar refractivity (Wildman–Crippen MR) is 66.5 cm³/mol. The van der Waals surface area contributed by atoms with Gasteiger partial charge in [0.1, 0.15) is 5.54 Å². The molecule has 3 N–H and O–H groups in total. The van der Waals surface area contributed by atoms with Gasteiger partial charge in [0.25, 0.3) is 0 Å². The van der Waals surface area contributed by atoms with E-state index in [2.05, 4.69) is 10.0 Å². The zero-order valence-electron chi connectivity index (χ0n) is 11.0. The lowest BCUT2D eigenvalue weighted by Gasteiger charge is -2.24. The second-order valence-corrected chi connectivity index (χ2v) is 6.66. The normalized spacial score (nSPS) is 14.0. The molecule has 0 aromatic rings. The Bertz CT molecular complexity index is 416. The van der Waals surface area contributed by atoms with Crippen molar-refractivity contribution in [3.8, 4) is 0 Å². The van der Waals surface area contributed by atoms with Crippen molar-refractivity contribution in [1.82, 2.24) is 10.0 Å². The van der Waals surface area contributed by atoms with E-state index in [1.165, 1.54) is 13.8 Å². The van der Waals surface area contributed by atoms with Crippen molar-refractivity contribution in [2.75, 3.05) is 12.8 Å². The lowest BCUT2D eigenvalue weighted by atomic mass is 10.0. The molecule has 1 atom stereocenters. The van der Waals surface area contributed by atoms with E-state index in [1.54, 1.807) is 6.92 Å². The summed E-state index contributed by atoms with van der Waals surface area (Å²) >= 11 is 0. The highest BCUT2D eigenvalue weighted by Gasteiger charge is 2.30.